The molecule has 0 unspecified atom stereocenters. The second-order valence-electron chi connectivity index (χ2n) is 6.42. The average molecular weight is 387 g/mol. The Bertz CT molecular complexity index is 1120. The van der Waals surface area contributed by atoms with Crippen LogP contribution in [0.5, 0.6) is 0 Å². The van der Waals surface area contributed by atoms with Gasteiger partial charge in [-0.05, 0) is 68.2 Å². The molecule has 0 bridgehead atoms. The lowest BCUT2D eigenvalue weighted by atomic mass is 9.99. The van der Waals surface area contributed by atoms with E-state index in [2.05, 4.69) is 34.6 Å². The lowest BCUT2D eigenvalue weighted by Gasteiger charge is -2.08. The molecule has 0 radical (unpaired) electrons. The van der Waals surface area contributed by atoms with Gasteiger partial charge in [0, 0.05) is 22.0 Å². The first-order chi connectivity index (χ1) is 12.5. The summed E-state index contributed by atoms with van der Waals surface area (Å²) in [6, 6.07) is 11.0. The standard InChI is InChI=1S/C19H16ClFN4S/c1-10(2)25-17-9-12(5-7-16(17)22-24-25)18-11(3)26-23-19(18)13-4-6-15(21)14(20)8-13/h4-10H,1-3H3. The van der Waals surface area contributed by atoms with Crippen LogP contribution >= 0.6 is 23.1 Å². The van der Waals surface area contributed by atoms with Crippen molar-refractivity contribution in [2.75, 3.05) is 0 Å². The Morgan fingerprint density at radius 1 is 1.12 bits per heavy atom. The molecule has 0 atom stereocenters. The fourth-order valence-corrected chi connectivity index (χ4v) is 3.94. The summed E-state index contributed by atoms with van der Waals surface area (Å²) in [6.45, 7) is 6.18. The number of fused-ring (bicyclic) bond motifs is 1. The Kier molecular flexibility index (Phi) is 4.25. The Balaban J connectivity index is 1.91. The maximum atomic E-state index is 13.5. The lowest BCUT2D eigenvalue weighted by molar-refractivity contribution is 0.530. The van der Waals surface area contributed by atoms with Crippen molar-refractivity contribution in [3.8, 4) is 22.4 Å². The van der Waals surface area contributed by atoms with E-state index < -0.39 is 5.82 Å². The molecule has 2 aromatic carbocycles. The summed E-state index contributed by atoms with van der Waals surface area (Å²) in [5, 5.41) is 8.56. The molecule has 0 aliphatic heterocycles. The first-order valence-corrected chi connectivity index (χ1v) is 9.38. The molecule has 26 heavy (non-hydrogen) atoms. The number of benzene rings is 2. The van der Waals surface area contributed by atoms with E-state index in [4.69, 9.17) is 11.6 Å². The molecule has 2 heterocycles. The largest absolute Gasteiger partial charge is 0.242 e. The second kappa shape index (κ2) is 6.45. The zero-order chi connectivity index (χ0) is 18.4. The minimum Gasteiger partial charge on any atom is -0.242 e. The monoisotopic (exact) mass is 386 g/mol. The maximum absolute atomic E-state index is 13.5. The van der Waals surface area contributed by atoms with E-state index in [1.807, 2.05) is 23.7 Å². The number of halogens is 2. The van der Waals surface area contributed by atoms with E-state index in [-0.39, 0.29) is 11.1 Å². The highest BCUT2D eigenvalue weighted by atomic mass is 35.5. The van der Waals surface area contributed by atoms with E-state index in [9.17, 15) is 4.39 Å². The smallest absolute Gasteiger partial charge is 0.141 e. The number of aromatic nitrogens is 4. The van der Waals surface area contributed by atoms with Gasteiger partial charge in [0.25, 0.3) is 0 Å². The zero-order valence-electron chi connectivity index (χ0n) is 14.5. The number of rotatable bonds is 3. The van der Waals surface area contributed by atoms with Gasteiger partial charge in [0.15, 0.2) is 0 Å². The van der Waals surface area contributed by atoms with E-state index in [0.29, 0.717) is 0 Å². The van der Waals surface area contributed by atoms with Gasteiger partial charge in [-0.3, -0.25) is 0 Å². The second-order valence-corrected chi connectivity index (χ2v) is 7.81. The van der Waals surface area contributed by atoms with Crippen LogP contribution in [0.2, 0.25) is 5.02 Å². The first-order valence-electron chi connectivity index (χ1n) is 8.22. The third kappa shape index (κ3) is 2.79. The van der Waals surface area contributed by atoms with Crippen LogP contribution in [0, 0.1) is 12.7 Å². The minimum absolute atomic E-state index is 0.0941. The van der Waals surface area contributed by atoms with Crippen LogP contribution in [0.4, 0.5) is 4.39 Å². The van der Waals surface area contributed by atoms with Gasteiger partial charge in [-0.2, -0.15) is 4.37 Å². The van der Waals surface area contributed by atoms with Crippen LogP contribution in [0.3, 0.4) is 0 Å². The molecule has 7 heteroatoms. The predicted molar refractivity (Wildman–Crippen MR) is 104 cm³/mol. The molecule has 2 aromatic heterocycles. The SMILES string of the molecule is Cc1snc(-c2ccc(F)c(Cl)c2)c1-c1ccc2nnn(C(C)C)c2c1. The molecular formula is C19H16ClFN4S. The molecule has 4 aromatic rings. The minimum atomic E-state index is -0.433. The van der Waals surface area contributed by atoms with Gasteiger partial charge in [0.1, 0.15) is 11.3 Å². The van der Waals surface area contributed by atoms with Crippen molar-refractivity contribution in [1.29, 1.82) is 0 Å². The van der Waals surface area contributed by atoms with Gasteiger partial charge < -0.3 is 0 Å². The van der Waals surface area contributed by atoms with Crippen LogP contribution in [-0.4, -0.2) is 19.4 Å². The number of aryl methyl sites for hydroxylation is 1. The highest BCUT2D eigenvalue weighted by molar-refractivity contribution is 7.06. The normalized spacial score (nSPS) is 11.6. The molecule has 0 amide bonds. The average Bonchev–Trinajstić information content (AvgIpc) is 3.20. The molecule has 4 nitrogen and oxygen atoms in total. The summed E-state index contributed by atoms with van der Waals surface area (Å²) < 4.78 is 20.0. The van der Waals surface area contributed by atoms with E-state index in [1.54, 1.807) is 12.1 Å². The van der Waals surface area contributed by atoms with Gasteiger partial charge in [0.2, 0.25) is 0 Å². The maximum Gasteiger partial charge on any atom is 0.141 e. The van der Waals surface area contributed by atoms with Crippen molar-refractivity contribution in [2.45, 2.75) is 26.8 Å². The summed E-state index contributed by atoms with van der Waals surface area (Å²) >= 11 is 7.39. The van der Waals surface area contributed by atoms with Crippen molar-refractivity contribution in [1.82, 2.24) is 19.4 Å². The summed E-state index contributed by atoms with van der Waals surface area (Å²) in [5.41, 5.74) is 5.49. The van der Waals surface area contributed by atoms with Crippen molar-refractivity contribution < 1.29 is 4.39 Å². The molecular weight excluding hydrogens is 371 g/mol. The van der Waals surface area contributed by atoms with Gasteiger partial charge in [-0.15, -0.1) is 5.10 Å². The summed E-state index contributed by atoms with van der Waals surface area (Å²) in [7, 11) is 0. The predicted octanol–water partition coefficient (Wildman–Crippen LogP) is 5.90. The summed E-state index contributed by atoms with van der Waals surface area (Å²) in [5.74, 6) is -0.433. The van der Waals surface area contributed by atoms with Crippen molar-refractivity contribution in [3.05, 3.63) is 52.1 Å². The number of hydrogen-bond donors (Lipinski definition) is 0. The molecule has 0 saturated carbocycles. The highest BCUT2D eigenvalue weighted by Crippen LogP contribution is 2.38. The molecule has 0 aliphatic carbocycles. The highest BCUT2D eigenvalue weighted by Gasteiger charge is 2.17. The van der Waals surface area contributed by atoms with E-state index >= 15 is 0 Å². The van der Waals surface area contributed by atoms with Crippen LogP contribution in [0.1, 0.15) is 24.8 Å². The Hall–Kier alpha value is -2.31. The van der Waals surface area contributed by atoms with Crippen molar-refractivity contribution >= 4 is 34.2 Å². The number of nitrogens with zero attached hydrogens (tertiary/aromatic N) is 4. The fourth-order valence-electron chi connectivity index (χ4n) is 3.03. The van der Waals surface area contributed by atoms with Crippen molar-refractivity contribution in [3.63, 3.8) is 0 Å². The van der Waals surface area contributed by atoms with Crippen LogP contribution < -0.4 is 0 Å². The summed E-state index contributed by atoms with van der Waals surface area (Å²) in [4.78, 5) is 1.09. The molecule has 0 N–H and O–H groups in total. The Labute approximate surface area is 159 Å². The third-order valence-electron chi connectivity index (χ3n) is 4.30. The van der Waals surface area contributed by atoms with Crippen LogP contribution in [0.15, 0.2) is 36.4 Å². The number of hydrogen-bond acceptors (Lipinski definition) is 4. The van der Waals surface area contributed by atoms with Gasteiger partial charge in [-0.25, -0.2) is 9.07 Å². The Morgan fingerprint density at radius 2 is 1.88 bits per heavy atom. The zero-order valence-corrected chi connectivity index (χ0v) is 16.1. The lowest BCUT2D eigenvalue weighted by Crippen LogP contribution is -2.02. The van der Waals surface area contributed by atoms with Gasteiger partial charge >= 0.3 is 0 Å². The molecule has 0 saturated heterocycles. The topological polar surface area (TPSA) is 43.6 Å². The molecule has 0 fully saturated rings. The first kappa shape index (κ1) is 17.1. The van der Waals surface area contributed by atoms with Crippen LogP contribution in [0.25, 0.3) is 33.4 Å². The third-order valence-corrected chi connectivity index (χ3v) is 5.35. The van der Waals surface area contributed by atoms with Gasteiger partial charge in [0.05, 0.1) is 16.2 Å². The molecule has 4 rings (SSSR count). The fraction of sp³-hybridized carbons (Fsp3) is 0.211. The molecule has 0 aliphatic rings. The quantitative estimate of drug-likeness (QED) is 0.440. The van der Waals surface area contributed by atoms with E-state index in [0.717, 1.165) is 38.3 Å². The van der Waals surface area contributed by atoms with E-state index in [1.165, 1.54) is 17.6 Å². The van der Waals surface area contributed by atoms with Crippen molar-refractivity contribution in [2.24, 2.45) is 0 Å². The molecule has 132 valence electrons. The van der Waals surface area contributed by atoms with Gasteiger partial charge in [-0.1, -0.05) is 22.9 Å². The summed E-state index contributed by atoms with van der Waals surface area (Å²) in [6.07, 6.45) is 0. The van der Waals surface area contributed by atoms with Crippen LogP contribution in [-0.2, 0) is 0 Å². The Morgan fingerprint density at radius 3 is 2.62 bits per heavy atom. The molecule has 0 spiro atoms.